The summed E-state index contributed by atoms with van der Waals surface area (Å²) in [7, 11) is 0. The van der Waals surface area contributed by atoms with Gasteiger partial charge in [0.25, 0.3) is 0 Å². The molecule has 0 N–H and O–H groups in total. The van der Waals surface area contributed by atoms with Crippen molar-refractivity contribution in [3.63, 3.8) is 0 Å². The summed E-state index contributed by atoms with van der Waals surface area (Å²) in [6, 6.07) is 0.515. The largest absolute Gasteiger partial charge is 0.464 e. The van der Waals surface area contributed by atoms with Crippen LogP contribution in [0.5, 0.6) is 6.01 Å². The minimum Gasteiger partial charge on any atom is -0.464 e. The second-order valence-corrected chi connectivity index (χ2v) is 3.68. The zero-order valence-electron chi connectivity index (χ0n) is 9.36. The third kappa shape index (κ3) is 2.26. The molecule has 0 radical (unpaired) electrons. The van der Waals surface area contributed by atoms with E-state index in [0.717, 1.165) is 31.7 Å². The first kappa shape index (κ1) is 10.4. The highest BCUT2D eigenvalue weighted by Crippen LogP contribution is 2.17. The maximum absolute atomic E-state index is 5.29. The Hall–Kier alpha value is -1.16. The van der Waals surface area contributed by atoms with Crippen molar-refractivity contribution in [1.29, 1.82) is 0 Å². The number of likely N-dealkylation sites (N-methyl/N-ethyl adjacent to an activating group) is 1. The molecular formula is C11H17N3O. The Morgan fingerprint density at radius 2 is 2.33 bits per heavy atom. The molecule has 2 heterocycles. The van der Waals surface area contributed by atoms with Gasteiger partial charge < -0.3 is 4.74 Å². The van der Waals surface area contributed by atoms with Crippen LogP contribution in [0.2, 0.25) is 0 Å². The number of hydrogen-bond donors (Lipinski definition) is 0. The topological polar surface area (TPSA) is 38.3 Å². The summed E-state index contributed by atoms with van der Waals surface area (Å²) in [5, 5.41) is 0. The average molecular weight is 207 g/mol. The van der Waals surface area contributed by atoms with Crippen LogP contribution >= 0.6 is 0 Å². The molecule has 4 heteroatoms. The second-order valence-electron chi connectivity index (χ2n) is 3.68. The summed E-state index contributed by atoms with van der Waals surface area (Å²) in [6.45, 7) is 7.90. The van der Waals surface area contributed by atoms with E-state index in [2.05, 4.69) is 21.8 Å². The van der Waals surface area contributed by atoms with Gasteiger partial charge in [0, 0.05) is 31.3 Å². The lowest BCUT2D eigenvalue weighted by Crippen LogP contribution is -2.31. The first-order valence-electron chi connectivity index (χ1n) is 5.53. The summed E-state index contributed by atoms with van der Waals surface area (Å²) in [4.78, 5) is 11.0. The molecule has 0 aromatic carbocycles. The monoisotopic (exact) mass is 207 g/mol. The Morgan fingerprint density at radius 3 is 3.07 bits per heavy atom. The van der Waals surface area contributed by atoms with Crippen molar-refractivity contribution in [3.05, 3.63) is 17.5 Å². The second kappa shape index (κ2) is 4.57. The predicted molar refractivity (Wildman–Crippen MR) is 57.9 cm³/mol. The predicted octanol–water partition coefficient (Wildman–Crippen LogP) is 1.25. The zero-order valence-corrected chi connectivity index (χ0v) is 9.36. The van der Waals surface area contributed by atoms with Gasteiger partial charge in [0.1, 0.15) is 0 Å². The Balaban J connectivity index is 2.17. The number of fused-ring (bicyclic) bond motifs is 1. The molecule has 0 unspecified atom stereocenters. The molecule has 0 aliphatic carbocycles. The van der Waals surface area contributed by atoms with Gasteiger partial charge in [-0.25, -0.2) is 4.98 Å². The molecule has 0 spiro atoms. The molecule has 1 aliphatic rings. The van der Waals surface area contributed by atoms with E-state index in [4.69, 9.17) is 4.74 Å². The fourth-order valence-corrected chi connectivity index (χ4v) is 1.82. The van der Waals surface area contributed by atoms with Crippen LogP contribution in [-0.2, 0) is 13.0 Å². The third-order valence-corrected chi connectivity index (χ3v) is 2.71. The highest BCUT2D eigenvalue weighted by atomic mass is 16.5. The number of aromatic nitrogens is 2. The van der Waals surface area contributed by atoms with Crippen molar-refractivity contribution in [1.82, 2.24) is 14.9 Å². The number of hydrogen-bond acceptors (Lipinski definition) is 4. The maximum atomic E-state index is 5.29. The van der Waals surface area contributed by atoms with Crippen molar-refractivity contribution < 1.29 is 4.74 Å². The SMILES string of the molecule is CCOc1ncc2c(n1)CCN(CC)C2. The van der Waals surface area contributed by atoms with Gasteiger partial charge in [0.15, 0.2) is 0 Å². The van der Waals surface area contributed by atoms with Crippen LogP contribution in [0.4, 0.5) is 0 Å². The van der Waals surface area contributed by atoms with Gasteiger partial charge in [0.05, 0.1) is 12.3 Å². The zero-order chi connectivity index (χ0) is 10.7. The molecule has 0 saturated heterocycles. The average Bonchev–Trinajstić information content (AvgIpc) is 2.29. The molecule has 1 aromatic heterocycles. The van der Waals surface area contributed by atoms with E-state index < -0.39 is 0 Å². The lowest BCUT2D eigenvalue weighted by molar-refractivity contribution is 0.260. The molecule has 4 nitrogen and oxygen atoms in total. The van der Waals surface area contributed by atoms with Crippen LogP contribution in [0, 0.1) is 0 Å². The summed E-state index contributed by atoms with van der Waals surface area (Å²) in [6.07, 6.45) is 2.90. The molecule has 0 atom stereocenters. The maximum Gasteiger partial charge on any atom is 0.316 e. The first-order chi connectivity index (χ1) is 7.33. The molecule has 15 heavy (non-hydrogen) atoms. The fraction of sp³-hybridized carbons (Fsp3) is 0.636. The molecule has 2 rings (SSSR count). The Morgan fingerprint density at radius 1 is 1.47 bits per heavy atom. The molecule has 0 amide bonds. The Labute approximate surface area is 90.3 Å². The minimum absolute atomic E-state index is 0.515. The van der Waals surface area contributed by atoms with Crippen LogP contribution in [0.1, 0.15) is 25.1 Å². The molecule has 0 bridgehead atoms. The number of rotatable bonds is 3. The van der Waals surface area contributed by atoms with Gasteiger partial charge in [-0.1, -0.05) is 6.92 Å². The summed E-state index contributed by atoms with van der Waals surface area (Å²) >= 11 is 0. The molecule has 1 aromatic rings. The van der Waals surface area contributed by atoms with Gasteiger partial charge in [-0.15, -0.1) is 0 Å². The van der Waals surface area contributed by atoms with Gasteiger partial charge in [0.2, 0.25) is 0 Å². The number of nitrogens with zero attached hydrogens (tertiary/aromatic N) is 3. The van der Waals surface area contributed by atoms with Crippen LogP contribution in [0.3, 0.4) is 0 Å². The quantitative estimate of drug-likeness (QED) is 0.747. The Bertz CT molecular complexity index is 341. The molecule has 0 fully saturated rings. The molecule has 0 saturated carbocycles. The minimum atomic E-state index is 0.515. The Kier molecular flexibility index (Phi) is 3.16. The normalized spacial score (nSPS) is 16.1. The van der Waals surface area contributed by atoms with E-state index in [9.17, 15) is 0 Å². The third-order valence-electron chi connectivity index (χ3n) is 2.71. The fourth-order valence-electron chi connectivity index (χ4n) is 1.82. The molecule has 82 valence electrons. The summed E-state index contributed by atoms with van der Waals surface area (Å²) in [5.74, 6) is 0. The van der Waals surface area contributed by atoms with Crippen molar-refractivity contribution in [2.24, 2.45) is 0 Å². The standard InChI is InChI=1S/C11H17N3O/c1-3-14-6-5-10-9(8-14)7-12-11(13-10)15-4-2/h7H,3-6,8H2,1-2H3. The highest BCUT2D eigenvalue weighted by molar-refractivity contribution is 5.21. The van der Waals surface area contributed by atoms with E-state index in [1.165, 1.54) is 5.56 Å². The molecular weight excluding hydrogens is 190 g/mol. The van der Waals surface area contributed by atoms with Gasteiger partial charge in [-0.05, 0) is 13.5 Å². The van der Waals surface area contributed by atoms with Crippen molar-refractivity contribution >= 4 is 0 Å². The van der Waals surface area contributed by atoms with E-state index in [1.54, 1.807) is 0 Å². The van der Waals surface area contributed by atoms with Crippen LogP contribution in [0.15, 0.2) is 6.20 Å². The highest BCUT2D eigenvalue weighted by Gasteiger charge is 2.17. The summed E-state index contributed by atoms with van der Waals surface area (Å²) < 4.78 is 5.29. The van der Waals surface area contributed by atoms with E-state index in [1.807, 2.05) is 13.1 Å². The van der Waals surface area contributed by atoms with Crippen LogP contribution in [-0.4, -0.2) is 34.6 Å². The number of ether oxygens (including phenoxy) is 1. The van der Waals surface area contributed by atoms with Crippen molar-refractivity contribution in [2.75, 3.05) is 19.7 Å². The van der Waals surface area contributed by atoms with E-state index in [-0.39, 0.29) is 0 Å². The molecule has 1 aliphatic heterocycles. The first-order valence-corrected chi connectivity index (χ1v) is 5.53. The smallest absolute Gasteiger partial charge is 0.316 e. The van der Waals surface area contributed by atoms with E-state index >= 15 is 0 Å². The lowest BCUT2D eigenvalue weighted by atomic mass is 10.1. The van der Waals surface area contributed by atoms with Crippen molar-refractivity contribution in [2.45, 2.75) is 26.8 Å². The van der Waals surface area contributed by atoms with E-state index in [0.29, 0.717) is 12.6 Å². The summed E-state index contributed by atoms with van der Waals surface area (Å²) in [5.41, 5.74) is 2.39. The lowest BCUT2D eigenvalue weighted by Gasteiger charge is -2.26. The van der Waals surface area contributed by atoms with Crippen LogP contribution in [0.25, 0.3) is 0 Å². The van der Waals surface area contributed by atoms with Crippen molar-refractivity contribution in [3.8, 4) is 6.01 Å². The van der Waals surface area contributed by atoms with Gasteiger partial charge in [-0.2, -0.15) is 4.98 Å². The van der Waals surface area contributed by atoms with Gasteiger partial charge in [-0.3, -0.25) is 4.90 Å². The van der Waals surface area contributed by atoms with Gasteiger partial charge >= 0.3 is 6.01 Å². The van der Waals surface area contributed by atoms with Crippen LogP contribution < -0.4 is 4.74 Å².